The van der Waals surface area contributed by atoms with Crippen LogP contribution in [0.25, 0.3) is 6.08 Å². The van der Waals surface area contributed by atoms with Crippen molar-refractivity contribution in [3.05, 3.63) is 95.6 Å². The van der Waals surface area contributed by atoms with Gasteiger partial charge in [-0.15, -0.1) is 0 Å². The van der Waals surface area contributed by atoms with E-state index < -0.39 is 0 Å². The predicted molar refractivity (Wildman–Crippen MR) is 138 cm³/mol. The summed E-state index contributed by atoms with van der Waals surface area (Å²) in [5, 5.41) is 5.85. The number of aryl methyl sites for hydroxylation is 1. The fourth-order valence-corrected chi connectivity index (χ4v) is 4.29. The number of para-hydroxylation sites is 2. The number of likely N-dealkylation sites (tertiary alicyclic amines) is 1. The van der Waals surface area contributed by atoms with Gasteiger partial charge in [0.2, 0.25) is 11.8 Å². The summed E-state index contributed by atoms with van der Waals surface area (Å²) in [6.07, 6.45) is 3.25. The van der Waals surface area contributed by atoms with E-state index in [4.69, 9.17) is 5.73 Å². The number of nitrogens with one attached hydrogen (secondary N) is 2. The first-order valence-electron chi connectivity index (χ1n) is 11.4. The van der Waals surface area contributed by atoms with Gasteiger partial charge < -0.3 is 21.3 Å². The van der Waals surface area contributed by atoms with E-state index in [0.29, 0.717) is 17.9 Å². The van der Waals surface area contributed by atoms with Gasteiger partial charge in [0.25, 0.3) is 0 Å². The summed E-state index contributed by atoms with van der Waals surface area (Å²) >= 11 is 0. The number of anilines is 3. The molecule has 1 saturated heterocycles. The summed E-state index contributed by atoms with van der Waals surface area (Å²) in [7, 11) is 2.04. The number of nitrogen functional groups attached to an aromatic ring is 1. The lowest BCUT2D eigenvalue weighted by Gasteiger charge is -2.19. The molecule has 0 aromatic heterocycles. The van der Waals surface area contributed by atoms with Crippen molar-refractivity contribution in [1.29, 1.82) is 0 Å². The maximum absolute atomic E-state index is 13.0. The van der Waals surface area contributed by atoms with Gasteiger partial charge in [0.1, 0.15) is 0 Å². The fourth-order valence-electron chi connectivity index (χ4n) is 4.29. The molecule has 0 unspecified atom stereocenters. The van der Waals surface area contributed by atoms with Gasteiger partial charge in [0.05, 0.1) is 17.3 Å². The van der Waals surface area contributed by atoms with Gasteiger partial charge >= 0.3 is 0 Å². The summed E-state index contributed by atoms with van der Waals surface area (Å²) in [4.78, 5) is 27.5. The largest absolute Gasteiger partial charge is 0.397 e. The van der Waals surface area contributed by atoms with E-state index in [0.717, 1.165) is 28.9 Å². The Hall–Kier alpha value is -3.90. The first-order valence-corrected chi connectivity index (χ1v) is 11.4. The van der Waals surface area contributed by atoms with Crippen LogP contribution in [-0.2, 0) is 9.59 Å². The zero-order chi connectivity index (χ0) is 24.1. The summed E-state index contributed by atoms with van der Waals surface area (Å²) in [5.74, 6) is -0.223. The summed E-state index contributed by atoms with van der Waals surface area (Å²) < 4.78 is 0. The number of benzene rings is 3. The Morgan fingerprint density at radius 2 is 1.65 bits per heavy atom. The fraction of sp³-hybridized carbons (Fsp3) is 0.214. The molecule has 0 radical (unpaired) electrons. The number of hydrogen-bond donors (Lipinski definition) is 3. The molecule has 3 aromatic rings. The number of rotatable bonds is 6. The molecular formula is C28H30N4O2. The van der Waals surface area contributed by atoms with Gasteiger partial charge in [-0.3, -0.25) is 9.59 Å². The SMILES string of the molecule is Cc1ccc(NC(=O)[C@H]2CN(C)C[C@@H]2c2ccc(/C=C/C(=O)Nc3ccccc3N)cc2)cc1. The maximum Gasteiger partial charge on any atom is 0.248 e. The normalized spacial score (nSPS) is 18.2. The van der Waals surface area contributed by atoms with Crippen molar-refractivity contribution >= 4 is 35.0 Å². The lowest BCUT2D eigenvalue weighted by atomic mass is 9.88. The highest BCUT2D eigenvalue weighted by molar-refractivity contribution is 6.03. The third kappa shape index (κ3) is 5.71. The van der Waals surface area contributed by atoms with E-state index in [1.165, 1.54) is 6.08 Å². The van der Waals surface area contributed by atoms with Crippen LogP contribution in [0.1, 0.15) is 22.6 Å². The first kappa shape index (κ1) is 23.3. The van der Waals surface area contributed by atoms with E-state index in [2.05, 4.69) is 15.5 Å². The van der Waals surface area contributed by atoms with Gasteiger partial charge in [-0.25, -0.2) is 0 Å². The average molecular weight is 455 g/mol. The summed E-state index contributed by atoms with van der Waals surface area (Å²) in [5.41, 5.74) is 11.0. The smallest absolute Gasteiger partial charge is 0.248 e. The van der Waals surface area contributed by atoms with Crippen LogP contribution in [0.4, 0.5) is 17.1 Å². The molecule has 0 spiro atoms. The van der Waals surface area contributed by atoms with Crippen LogP contribution in [0.5, 0.6) is 0 Å². The van der Waals surface area contributed by atoms with E-state index >= 15 is 0 Å². The number of amides is 2. The number of nitrogens with zero attached hydrogens (tertiary/aromatic N) is 1. The Bertz CT molecular complexity index is 1190. The predicted octanol–water partition coefficient (Wildman–Crippen LogP) is 4.51. The highest BCUT2D eigenvalue weighted by atomic mass is 16.2. The molecule has 6 heteroatoms. The lowest BCUT2D eigenvalue weighted by Crippen LogP contribution is -2.28. The van der Waals surface area contributed by atoms with Crippen LogP contribution in [0.2, 0.25) is 0 Å². The van der Waals surface area contributed by atoms with E-state index in [1.807, 2.05) is 74.6 Å². The van der Waals surface area contributed by atoms with Crippen LogP contribution >= 0.6 is 0 Å². The third-order valence-corrected chi connectivity index (χ3v) is 6.17. The molecule has 1 aliphatic rings. The van der Waals surface area contributed by atoms with Crippen molar-refractivity contribution < 1.29 is 9.59 Å². The summed E-state index contributed by atoms with van der Waals surface area (Å²) in [6, 6.07) is 23.0. The molecule has 6 nitrogen and oxygen atoms in total. The molecule has 3 aromatic carbocycles. The molecule has 0 saturated carbocycles. The Kier molecular flexibility index (Phi) is 7.09. The molecule has 4 N–H and O–H groups in total. The topological polar surface area (TPSA) is 87.5 Å². The highest BCUT2D eigenvalue weighted by Crippen LogP contribution is 2.33. The van der Waals surface area contributed by atoms with E-state index in [1.54, 1.807) is 18.2 Å². The first-order chi connectivity index (χ1) is 16.4. The van der Waals surface area contributed by atoms with Crippen molar-refractivity contribution in [2.45, 2.75) is 12.8 Å². The molecule has 0 aliphatic carbocycles. The quantitative estimate of drug-likeness (QED) is 0.378. The molecule has 0 bridgehead atoms. The molecule has 1 fully saturated rings. The molecule has 1 aliphatic heterocycles. The average Bonchev–Trinajstić information content (AvgIpc) is 3.23. The minimum absolute atomic E-state index is 0.0408. The van der Waals surface area contributed by atoms with Gasteiger partial charge in [-0.05, 0) is 55.4 Å². The van der Waals surface area contributed by atoms with Gasteiger partial charge in [0.15, 0.2) is 0 Å². The van der Waals surface area contributed by atoms with Gasteiger partial charge in [-0.1, -0.05) is 54.1 Å². The lowest BCUT2D eigenvalue weighted by molar-refractivity contribution is -0.119. The van der Waals surface area contributed by atoms with Crippen LogP contribution in [0.3, 0.4) is 0 Å². The molecular weight excluding hydrogens is 424 g/mol. The van der Waals surface area contributed by atoms with Crippen LogP contribution in [0, 0.1) is 12.8 Å². The highest BCUT2D eigenvalue weighted by Gasteiger charge is 2.36. The maximum atomic E-state index is 13.0. The Morgan fingerprint density at radius 1 is 0.941 bits per heavy atom. The van der Waals surface area contributed by atoms with Crippen LogP contribution in [-0.4, -0.2) is 36.9 Å². The van der Waals surface area contributed by atoms with Crippen molar-refractivity contribution in [1.82, 2.24) is 4.90 Å². The van der Waals surface area contributed by atoms with E-state index in [9.17, 15) is 9.59 Å². The van der Waals surface area contributed by atoms with Crippen molar-refractivity contribution in [3.8, 4) is 0 Å². The molecule has 4 rings (SSSR count). The molecule has 2 atom stereocenters. The van der Waals surface area contributed by atoms with Gasteiger partial charge in [-0.2, -0.15) is 0 Å². The third-order valence-electron chi connectivity index (χ3n) is 6.17. The minimum Gasteiger partial charge on any atom is -0.397 e. The van der Waals surface area contributed by atoms with Crippen molar-refractivity contribution in [3.63, 3.8) is 0 Å². The zero-order valence-corrected chi connectivity index (χ0v) is 19.5. The van der Waals surface area contributed by atoms with Crippen LogP contribution in [0.15, 0.2) is 78.9 Å². The second-order valence-electron chi connectivity index (χ2n) is 8.87. The van der Waals surface area contributed by atoms with E-state index in [-0.39, 0.29) is 23.7 Å². The standard InChI is InChI=1S/C28H30N4O2/c1-19-7-14-22(15-8-19)30-28(34)24-18-32(2)17-23(24)21-12-9-20(10-13-21)11-16-27(33)31-26-6-4-3-5-25(26)29/h3-16,23-24H,17-18,29H2,1-2H3,(H,30,34)(H,31,33)/b16-11+/t23-,24+/m1/s1. The Morgan fingerprint density at radius 3 is 2.35 bits per heavy atom. The Labute approximate surface area is 200 Å². The molecule has 174 valence electrons. The number of carbonyl (C=O) groups is 2. The molecule has 2 amide bonds. The van der Waals surface area contributed by atoms with Gasteiger partial charge in [0, 0.05) is 30.8 Å². The zero-order valence-electron chi connectivity index (χ0n) is 19.5. The van der Waals surface area contributed by atoms with Crippen molar-refractivity contribution in [2.75, 3.05) is 36.5 Å². The number of carbonyl (C=O) groups excluding carboxylic acids is 2. The second kappa shape index (κ2) is 10.4. The monoisotopic (exact) mass is 454 g/mol. The second-order valence-corrected chi connectivity index (χ2v) is 8.87. The number of hydrogen-bond acceptors (Lipinski definition) is 4. The minimum atomic E-state index is -0.243. The number of likely N-dealkylation sites (N-methyl/N-ethyl adjacent to an activating group) is 1. The molecule has 1 heterocycles. The summed E-state index contributed by atoms with van der Waals surface area (Å²) in [6.45, 7) is 3.56. The van der Waals surface area contributed by atoms with Crippen molar-refractivity contribution in [2.24, 2.45) is 5.92 Å². The Balaban J connectivity index is 1.40. The number of nitrogens with two attached hydrogens (primary N) is 1. The van der Waals surface area contributed by atoms with Crippen LogP contribution < -0.4 is 16.4 Å². The molecule has 34 heavy (non-hydrogen) atoms.